The van der Waals surface area contributed by atoms with Crippen LogP contribution in [0.1, 0.15) is 64.9 Å². The Labute approximate surface area is 221 Å². The standard InChI is InChI=1S/C26H38N4O8/c1-4-5-6-21(25(37)27-16(2)24(36)29-19(15-31)10-14-23(34)35)30-26(38)22(28-17(3)32)13-9-18-7-11-20(33)12-8-18/h7-8,11-12,15-16,19,21-22,33H,4-6,9-10,13-14H2,1-3H3,(H,27,37)(H,28,32)(H,29,36)(H,30,38)(H,34,35)/t16-,19-,21-,22-/m0/s1. The summed E-state index contributed by atoms with van der Waals surface area (Å²) in [5.41, 5.74) is 0.850. The lowest BCUT2D eigenvalue weighted by Gasteiger charge is -2.24. The number of rotatable bonds is 17. The number of aryl methyl sites for hydroxylation is 1. The lowest BCUT2D eigenvalue weighted by Crippen LogP contribution is -2.56. The maximum absolute atomic E-state index is 13.1. The molecule has 0 aromatic heterocycles. The van der Waals surface area contributed by atoms with E-state index < -0.39 is 53.8 Å². The van der Waals surface area contributed by atoms with Gasteiger partial charge in [-0.3, -0.25) is 24.0 Å². The Bertz CT molecular complexity index is 966. The highest BCUT2D eigenvalue weighted by molar-refractivity contribution is 5.94. The van der Waals surface area contributed by atoms with Crippen LogP contribution in [0.5, 0.6) is 5.75 Å². The zero-order chi connectivity index (χ0) is 28.7. The minimum absolute atomic E-state index is 0.0882. The highest BCUT2D eigenvalue weighted by Gasteiger charge is 2.28. The van der Waals surface area contributed by atoms with E-state index in [2.05, 4.69) is 21.3 Å². The fourth-order valence-corrected chi connectivity index (χ4v) is 3.58. The topological polar surface area (TPSA) is 191 Å². The molecule has 4 amide bonds. The predicted molar refractivity (Wildman–Crippen MR) is 138 cm³/mol. The monoisotopic (exact) mass is 534 g/mol. The van der Waals surface area contributed by atoms with Crippen molar-refractivity contribution in [1.29, 1.82) is 0 Å². The lowest BCUT2D eigenvalue weighted by molar-refractivity contribution is -0.137. The van der Waals surface area contributed by atoms with Crippen molar-refractivity contribution in [3.05, 3.63) is 29.8 Å². The summed E-state index contributed by atoms with van der Waals surface area (Å²) in [5, 5.41) is 28.4. The fraction of sp³-hybridized carbons (Fsp3) is 0.538. The SMILES string of the molecule is CCCC[C@H](NC(=O)[C@H](CCc1ccc(O)cc1)NC(C)=O)C(=O)N[C@@H](C)C(=O)N[C@H](C=O)CCC(=O)O. The number of nitrogens with one attached hydrogen (secondary N) is 4. The molecule has 0 aliphatic carbocycles. The Morgan fingerprint density at radius 3 is 2.03 bits per heavy atom. The quantitative estimate of drug-likeness (QED) is 0.156. The summed E-state index contributed by atoms with van der Waals surface area (Å²) in [6.45, 7) is 4.61. The van der Waals surface area contributed by atoms with Gasteiger partial charge in [0, 0.05) is 13.3 Å². The second-order valence-electron chi connectivity index (χ2n) is 9.08. The Hall–Kier alpha value is -3.96. The van der Waals surface area contributed by atoms with Crippen LogP contribution in [0.3, 0.4) is 0 Å². The molecular weight excluding hydrogens is 496 g/mol. The molecule has 6 N–H and O–H groups in total. The third kappa shape index (κ3) is 12.3. The van der Waals surface area contributed by atoms with Crippen molar-refractivity contribution in [3.8, 4) is 5.75 Å². The van der Waals surface area contributed by atoms with Crippen molar-refractivity contribution in [2.75, 3.05) is 0 Å². The van der Waals surface area contributed by atoms with E-state index in [0.717, 1.165) is 12.0 Å². The fourth-order valence-electron chi connectivity index (χ4n) is 3.58. The summed E-state index contributed by atoms with van der Waals surface area (Å²) in [4.78, 5) is 72.0. The minimum Gasteiger partial charge on any atom is -0.508 e. The Kier molecular flexibility index (Phi) is 14.1. The number of amides is 4. The van der Waals surface area contributed by atoms with Crippen molar-refractivity contribution in [3.63, 3.8) is 0 Å². The number of carboxylic acids is 1. The van der Waals surface area contributed by atoms with E-state index in [1.165, 1.54) is 26.0 Å². The number of aliphatic carboxylic acids is 1. The summed E-state index contributed by atoms with van der Waals surface area (Å²) in [6.07, 6.45) is 2.37. The maximum Gasteiger partial charge on any atom is 0.303 e. The number of carboxylic acid groups (broad SMARTS) is 1. The van der Waals surface area contributed by atoms with Gasteiger partial charge in [0.1, 0.15) is 30.2 Å². The summed E-state index contributed by atoms with van der Waals surface area (Å²) in [6, 6.07) is 2.50. The van der Waals surface area contributed by atoms with Gasteiger partial charge in [0.25, 0.3) is 0 Å². The lowest BCUT2D eigenvalue weighted by atomic mass is 10.0. The van der Waals surface area contributed by atoms with Crippen LogP contribution in [0, 0.1) is 0 Å². The molecule has 1 aromatic rings. The maximum atomic E-state index is 13.1. The summed E-state index contributed by atoms with van der Waals surface area (Å²) >= 11 is 0. The smallest absolute Gasteiger partial charge is 0.303 e. The highest BCUT2D eigenvalue weighted by atomic mass is 16.4. The number of hydrogen-bond acceptors (Lipinski definition) is 7. The number of aldehydes is 1. The number of unbranched alkanes of at least 4 members (excludes halogenated alkanes) is 1. The number of hydrogen-bond donors (Lipinski definition) is 6. The van der Waals surface area contributed by atoms with Crippen LogP contribution in [0.4, 0.5) is 0 Å². The molecule has 0 unspecified atom stereocenters. The molecule has 0 saturated carbocycles. The molecule has 0 aliphatic rings. The van der Waals surface area contributed by atoms with Crippen LogP contribution < -0.4 is 21.3 Å². The summed E-state index contributed by atoms with van der Waals surface area (Å²) < 4.78 is 0. The average Bonchev–Trinajstić information content (AvgIpc) is 2.86. The second kappa shape index (κ2) is 16.7. The molecule has 4 atom stereocenters. The summed E-state index contributed by atoms with van der Waals surface area (Å²) in [7, 11) is 0. The van der Waals surface area contributed by atoms with E-state index in [1.54, 1.807) is 12.1 Å². The molecule has 12 nitrogen and oxygen atoms in total. The highest BCUT2D eigenvalue weighted by Crippen LogP contribution is 2.12. The van der Waals surface area contributed by atoms with E-state index in [0.29, 0.717) is 25.5 Å². The van der Waals surface area contributed by atoms with Crippen molar-refractivity contribution in [1.82, 2.24) is 21.3 Å². The largest absolute Gasteiger partial charge is 0.508 e. The van der Waals surface area contributed by atoms with Crippen LogP contribution in [-0.4, -0.2) is 70.3 Å². The summed E-state index contributed by atoms with van der Waals surface area (Å²) in [5.74, 6) is -3.25. The normalized spacial score (nSPS) is 13.8. The molecule has 12 heteroatoms. The molecule has 0 radical (unpaired) electrons. The van der Waals surface area contributed by atoms with Crippen LogP contribution in [0.25, 0.3) is 0 Å². The first-order valence-corrected chi connectivity index (χ1v) is 12.6. The third-order valence-corrected chi connectivity index (χ3v) is 5.74. The van der Waals surface area contributed by atoms with E-state index in [-0.39, 0.29) is 25.0 Å². The molecule has 210 valence electrons. The van der Waals surface area contributed by atoms with Gasteiger partial charge in [-0.2, -0.15) is 0 Å². The van der Waals surface area contributed by atoms with Gasteiger partial charge in [-0.25, -0.2) is 0 Å². The van der Waals surface area contributed by atoms with Crippen LogP contribution in [-0.2, 0) is 35.2 Å². The zero-order valence-corrected chi connectivity index (χ0v) is 22.0. The van der Waals surface area contributed by atoms with Gasteiger partial charge in [-0.15, -0.1) is 0 Å². The van der Waals surface area contributed by atoms with Crippen molar-refractivity contribution >= 4 is 35.9 Å². The average molecular weight is 535 g/mol. The first-order chi connectivity index (χ1) is 18.0. The van der Waals surface area contributed by atoms with Gasteiger partial charge < -0.3 is 36.3 Å². The van der Waals surface area contributed by atoms with Crippen LogP contribution in [0.15, 0.2) is 24.3 Å². The Balaban J connectivity index is 2.84. The Morgan fingerprint density at radius 1 is 0.868 bits per heavy atom. The molecule has 1 aromatic carbocycles. The van der Waals surface area contributed by atoms with Gasteiger partial charge in [0.05, 0.1) is 6.04 Å². The molecule has 0 spiro atoms. The van der Waals surface area contributed by atoms with E-state index in [9.17, 15) is 33.9 Å². The van der Waals surface area contributed by atoms with Crippen molar-refractivity contribution in [2.45, 2.75) is 89.9 Å². The van der Waals surface area contributed by atoms with E-state index >= 15 is 0 Å². The zero-order valence-electron chi connectivity index (χ0n) is 22.0. The van der Waals surface area contributed by atoms with Crippen LogP contribution in [0.2, 0.25) is 0 Å². The number of aromatic hydroxyl groups is 1. The first kappa shape index (κ1) is 32.1. The van der Waals surface area contributed by atoms with E-state index in [1.807, 2.05) is 6.92 Å². The molecule has 0 aliphatic heterocycles. The minimum atomic E-state index is -1.11. The van der Waals surface area contributed by atoms with Crippen molar-refractivity contribution in [2.24, 2.45) is 0 Å². The van der Waals surface area contributed by atoms with Crippen LogP contribution >= 0.6 is 0 Å². The van der Waals surface area contributed by atoms with Gasteiger partial charge in [-0.1, -0.05) is 31.9 Å². The van der Waals surface area contributed by atoms with E-state index in [4.69, 9.17) is 5.11 Å². The number of benzene rings is 1. The van der Waals surface area contributed by atoms with Gasteiger partial charge in [0.15, 0.2) is 0 Å². The number of phenolic OH excluding ortho intramolecular Hbond substituents is 1. The molecule has 38 heavy (non-hydrogen) atoms. The molecule has 0 heterocycles. The number of phenols is 1. The predicted octanol–water partition coefficient (Wildman–Crippen LogP) is 0.558. The number of carbonyl (C=O) groups is 6. The Morgan fingerprint density at radius 2 is 1.47 bits per heavy atom. The van der Waals surface area contributed by atoms with Gasteiger partial charge in [0.2, 0.25) is 23.6 Å². The molecule has 1 rings (SSSR count). The second-order valence-corrected chi connectivity index (χ2v) is 9.08. The van der Waals surface area contributed by atoms with Gasteiger partial charge >= 0.3 is 5.97 Å². The van der Waals surface area contributed by atoms with Gasteiger partial charge in [-0.05, 0) is 50.3 Å². The molecule has 0 bridgehead atoms. The molecule has 0 saturated heterocycles. The van der Waals surface area contributed by atoms with Crippen molar-refractivity contribution < 1.29 is 39.0 Å². The third-order valence-electron chi connectivity index (χ3n) is 5.74. The molecular formula is C26H38N4O8. The first-order valence-electron chi connectivity index (χ1n) is 12.6. The molecule has 0 fully saturated rings. The number of carbonyl (C=O) groups excluding carboxylic acids is 5.